The number of carbonyl (C=O) groups excluding carboxylic acids is 1. The lowest BCUT2D eigenvalue weighted by molar-refractivity contribution is 0.0869. The Kier molecular flexibility index (Phi) is 7.76. The molecule has 0 heterocycles. The summed E-state index contributed by atoms with van der Waals surface area (Å²) in [4.78, 5) is 11.9. The Morgan fingerprint density at radius 1 is 1.27 bits per heavy atom. The summed E-state index contributed by atoms with van der Waals surface area (Å²) in [5.74, 6) is 1.30. The summed E-state index contributed by atoms with van der Waals surface area (Å²) in [6.45, 7) is 6.86. The maximum absolute atomic E-state index is 11.9. The molecular formula is C17H28N2O2S. The van der Waals surface area contributed by atoms with Crippen molar-refractivity contribution in [1.29, 1.82) is 0 Å². The molecule has 0 aliphatic rings. The molecule has 0 fully saturated rings. The molecule has 22 heavy (non-hydrogen) atoms. The van der Waals surface area contributed by atoms with Crippen LogP contribution in [0.2, 0.25) is 0 Å². The molecule has 124 valence electrons. The fourth-order valence-electron chi connectivity index (χ4n) is 2.34. The number of urea groups is 1. The minimum absolute atomic E-state index is 0.233. The molecule has 1 aromatic carbocycles. The number of carbonyl (C=O) groups is 1. The van der Waals surface area contributed by atoms with Gasteiger partial charge in [0.25, 0.3) is 0 Å². The number of aliphatic hydroxyl groups is 1. The van der Waals surface area contributed by atoms with E-state index in [2.05, 4.69) is 36.6 Å². The number of amides is 2. The van der Waals surface area contributed by atoms with Crippen LogP contribution in [0, 0.1) is 5.92 Å². The first-order valence-electron chi connectivity index (χ1n) is 7.63. The molecule has 0 saturated carbocycles. The van der Waals surface area contributed by atoms with Crippen LogP contribution in [0.25, 0.3) is 0 Å². The van der Waals surface area contributed by atoms with E-state index >= 15 is 0 Å². The molecule has 0 aromatic heterocycles. The monoisotopic (exact) mass is 324 g/mol. The second-order valence-electron chi connectivity index (χ2n) is 6.25. The second kappa shape index (κ2) is 9.06. The molecule has 5 heteroatoms. The van der Waals surface area contributed by atoms with Crippen LogP contribution in [-0.2, 0) is 0 Å². The van der Waals surface area contributed by atoms with Gasteiger partial charge in [-0.1, -0.05) is 44.2 Å². The normalized spacial score (nSPS) is 15.2. The highest BCUT2D eigenvalue weighted by atomic mass is 32.2. The van der Waals surface area contributed by atoms with E-state index in [9.17, 15) is 9.90 Å². The summed E-state index contributed by atoms with van der Waals surface area (Å²) in [6.07, 6.45) is 1.93. The van der Waals surface area contributed by atoms with Crippen molar-refractivity contribution >= 4 is 17.8 Å². The SMILES string of the molecule is CSCC(C)(O)CNC(=O)NCC(c1ccccc1)C(C)C. The molecular weight excluding hydrogens is 296 g/mol. The molecule has 0 radical (unpaired) electrons. The molecule has 0 aliphatic carbocycles. The Bertz CT molecular complexity index is 449. The van der Waals surface area contributed by atoms with Gasteiger partial charge in [0.2, 0.25) is 0 Å². The third-order valence-corrected chi connectivity index (χ3v) is 4.51. The van der Waals surface area contributed by atoms with Crippen molar-refractivity contribution in [3.63, 3.8) is 0 Å². The van der Waals surface area contributed by atoms with Gasteiger partial charge in [0.1, 0.15) is 0 Å². The minimum atomic E-state index is -0.881. The van der Waals surface area contributed by atoms with Crippen LogP contribution >= 0.6 is 11.8 Å². The average Bonchev–Trinajstić information content (AvgIpc) is 2.46. The quantitative estimate of drug-likeness (QED) is 0.689. The maximum Gasteiger partial charge on any atom is 0.314 e. The van der Waals surface area contributed by atoms with Crippen molar-refractivity contribution in [3.8, 4) is 0 Å². The van der Waals surface area contributed by atoms with E-state index in [1.807, 2.05) is 24.5 Å². The third kappa shape index (κ3) is 6.71. The molecule has 0 spiro atoms. The fourth-order valence-corrected chi connectivity index (χ4v) is 3.06. The molecule has 0 bridgehead atoms. The second-order valence-corrected chi connectivity index (χ2v) is 7.12. The molecule has 2 unspecified atom stereocenters. The molecule has 3 N–H and O–H groups in total. The summed E-state index contributed by atoms with van der Waals surface area (Å²) < 4.78 is 0. The molecule has 0 saturated heterocycles. The lowest BCUT2D eigenvalue weighted by Crippen LogP contribution is -2.47. The Morgan fingerprint density at radius 3 is 2.45 bits per heavy atom. The third-order valence-electron chi connectivity index (χ3n) is 3.60. The molecule has 1 aromatic rings. The summed E-state index contributed by atoms with van der Waals surface area (Å²) in [6, 6.07) is 9.98. The molecule has 2 atom stereocenters. The number of thioether (sulfide) groups is 1. The van der Waals surface area contributed by atoms with Gasteiger partial charge in [-0.05, 0) is 24.7 Å². The zero-order valence-corrected chi connectivity index (χ0v) is 14.7. The van der Waals surface area contributed by atoms with Gasteiger partial charge in [-0.3, -0.25) is 0 Å². The Hall–Kier alpha value is -1.20. The minimum Gasteiger partial charge on any atom is -0.387 e. The highest BCUT2D eigenvalue weighted by Crippen LogP contribution is 2.23. The first-order valence-corrected chi connectivity index (χ1v) is 9.03. The van der Waals surface area contributed by atoms with Crippen LogP contribution in [0.15, 0.2) is 30.3 Å². The van der Waals surface area contributed by atoms with E-state index in [4.69, 9.17) is 0 Å². The van der Waals surface area contributed by atoms with Gasteiger partial charge < -0.3 is 15.7 Å². The van der Waals surface area contributed by atoms with Gasteiger partial charge in [0, 0.05) is 24.8 Å². The van der Waals surface area contributed by atoms with Crippen molar-refractivity contribution < 1.29 is 9.90 Å². The summed E-state index contributed by atoms with van der Waals surface area (Å²) in [5, 5.41) is 15.7. The lowest BCUT2D eigenvalue weighted by atomic mass is 9.88. The van der Waals surface area contributed by atoms with Crippen LogP contribution in [-0.4, -0.2) is 41.8 Å². The summed E-state index contributed by atoms with van der Waals surface area (Å²) in [7, 11) is 0. The average molecular weight is 324 g/mol. The van der Waals surface area contributed by atoms with E-state index in [-0.39, 0.29) is 18.5 Å². The topological polar surface area (TPSA) is 61.4 Å². The Balaban J connectivity index is 2.47. The van der Waals surface area contributed by atoms with E-state index in [0.717, 1.165) is 0 Å². The van der Waals surface area contributed by atoms with E-state index in [1.165, 1.54) is 5.56 Å². The summed E-state index contributed by atoms with van der Waals surface area (Å²) >= 11 is 1.56. The van der Waals surface area contributed by atoms with Crippen LogP contribution < -0.4 is 10.6 Å². The smallest absolute Gasteiger partial charge is 0.314 e. The zero-order valence-electron chi connectivity index (χ0n) is 13.9. The van der Waals surface area contributed by atoms with Crippen molar-refractivity contribution in [2.75, 3.05) is 25.1 Å². The largest absolute Gasteiger partial charge is 0.387 e. The standard InChI is InChI=1S/C17H28N2O2S/c1-13(2)15(14-8-6-5-7-9-14)10-18-16(20)19-11-17(3,21)12-22-4/h5-9,13,15,21H,10-12H2,1-4H3,(H2,18,19,20). The van der Waals surface area contributed by atoms with Crippen molar-refractivity contribution in [2.24, 2.45) is 5.92 Å². The molecule has 4 nitrogen and oxygen atoms in total. The predicted molar refractivity (Wildman–Crippen MR) is 94.4 cm³/mol. The van der Waals surface area contributed by atoms with Gasteiger partial charge in [0.15, 0.2) is 0 Å². The van der Waals surface area contributed by atoms with Gasteiger partial charge in [-0.2, -0.15) is 11.8 Å². The molecule has 2 amide bonds. The van der Waals surface area contributed by atoms with Crippen molar-refractivity contribution in [2.45, 2.75) is 32.3 Å². The number of hydrogen-bond acceptors (Lipinski definition) is 3. The van der Waals surface area contributed by atoms with Crippen molar-refractivity contribution in [3.05, 3.63) is 35.9 Å². The lowest BCUT2D eigenvalue weighted by Gasteiger charge is -2.24. The predicted octanol–water partition coefficient (Wildman–Crippen LogP) is 2.84. The number of benzene rings is 1. The zero-order chi connectivity index (χ0) is 16.6. The van der Waals surface area contributed by atoms with Crippen LogP contribution in [0.5, 0.6) is 0 Å². The maximum atomic E-state index is 11.9. The number of rotatable bonds is 8. The van der Waals surface area contributed by atoms with E-state index in [1.54, 1.807) is 18.7 Å². The molecule has 0 aliphatic heterocycles. The van der Waals surface area contributed by atoms with Gasteiger partial charge in [-0.25, -0.2) is 4.79 Å². The van der Waals surface area contributed by atoms with Crippen LogP contribution in [0.3, 0.4) is 0 Å². The van der Waals surface area contributed by atoms with Gasteiger partial charge >= 0.3 is 6.03 Å². The highest BCUT2D eigenvalue weighted by molar-refractivity contribution is 7.98. The number of nitrogens with one attached hydrogen (secondary N) is 2. The van der Waals surface area contributed by atoms with E-state index in [0.29, 0.717) is 18.2 Å². The first-order chi connectivity index (χ1) is 10.4. The Morgan fingerprint density at radius 2 is 1.91 bits per heavy atom. The number of hydrogen-bond donors (Lipinski definition) is 3. The summed E-state index contributed by atoms with van der Waals surface area (Å²) in [5.41, 5.74) is 0.348. The van der Waals surface area contributed by atoms with E-state index < -0.39 is 5.60 Å². The van der Waals surface area contributed by atoms with Crippen LogP contribution in [0.1, 0.15) is 32.3 Å². The highest BCUT2D eigenvalue weighted by Gasteiger charge is 2.21. The molecule has 1 rings (SSSR count). The van der Waals surface area contributed by atoms with Crippen molar-refractivity contribution in [1.82, 2.24) is 10.6 Å². The Labute approximate surface area is 138 Å². The fraction of sp³-hybridized carbons (Fsp3) is 0.588. The van der Waals surface area contributed by atoms with Gasteiger partial charge in [0.05, 0.1) is 5.60 Å². The van der Waals surface area contributed by atoms with Gasteiger partial charge in [-0.15, -0.1) is 0 Å². The van der Waals surface area contributed by atoms with Crippen LogP contribution in [0.4, 0.5) is 4.79 Å². The first kappa shape index (κ1) is 18.8.